The van der Waals surface area contributed by atoms with E-state index in [1.807, 2.05) is 36.0 Å². The Morgan fingerprint density at radius 1 is 1.18 bits per heavy atom. The summed E-state index contributed by atoms with van der Waals surface area (Å²) < 4.78 is 23.5. The van der Waals surface area contributed by atoms with Crippen molar-refractivity contribution in [3.05, 3.63) is 76.5 Å². The maximum Gasteiger partial charge on any atom is 0.311 e. The number of hydrogen-bond acceptors (Lipinski definition) is 7. The number of benzene rings is 2. The summed E-state index contributed by atoms with van der Waals surface area (Å²) in [6.45, 7) is 0. The minimum Gasteiger partial charge on any atom is -0.497 e. The molecule has 0 saturated carbocycles. The third-order valence-electron chi connectivity index (χ3n) is 5.49. The van der Waals surface area contributed by atoms with Crippen molar-refractivity contribution >= 4 is 40.3 Å². The molecule has 0 radical (unpaired) electrons. The molecule has 0 bridgehead atoms. The van der Waals surface area contributed by atoms with E-state index in [2.05, 4.69) is 5.16 Å². The van der Waals surface area contributed by atoms with Gasteiger partial charge in [0.05, 0.1) is 19.1 Å². The quantitative estimate of drug-likeness (QED) is 0.219. The molecule has 9 heteroatoms. The van der Waals surface area contributed by atoms with Gasteiger partial charge in [-0.15, -0.1) is 0 Å². The second kappa shape index (κ2) is 8.72. The van der Waals surface area contributed by atoms with Gasteiger partial charge in [0, 0.05) is 48.3 Å². The molecule has 8 nitrogen and oxygen atoms in total. The highest BCUT2D eigenvalue weighted by Gasteiger charge is 2.28. The van der Waals surface area contributed by atoms with Crippen LogP contribution in [0.2, 0.25) is 5.15 Å². The summed E-state index contributed by atoms with van der Waals surface area (Å²) in [7, 11) is 3.54. The zero-order valence-electron chi connectivity index (χ0n) is 18.3. The number of fused-ring (bicyclic) bond motifs is 2. The molecule has 1 aliphatic heterocycles. The Kier molecular flexibility index (Phi) is 5.59. The highest BCUT2D eigenvalue weighted by atomic mass is 35.5. The van der Waals surface area contributed by atoms with Gasteiger partial charge in [0.15, 0.2) is 10.9 Å². The van der Waals surface area contributed by atoms with Crippen LogP contribution in [0.4, 0.5) is 0 Å². The van der Waals surface area contributed by atoms with Gasteiger partial charge in [-0.25, -0.2) is 0 Å². The third-order valence-corrected chi connectivity index (χ3v) is 5.67. The molecule has 2 aromatic heterocycles. The first-order chi connectivity index (χ1) is 16.4. The summed E-state index contributed by atoms with van der Waals surface area (Å²) in [5.41, 5.74) is 2.23. The first-order valence-electron chi connectivity index (χ1n) is 10.4. The van der Waals surface area contributed by atoms with E-state index in [1.165, 1.54) is 6.07 Å². The molecule has 172 valence electrons. The molecule has 34 heavy (non-hydrogen) atoms. The average Bonchev–Trinajstić information content (AvgIpc) is 3.48. The van der Waals surface area contributed by atoms with Gasteiger partial charge in [0.1, 0.15) is 23.0 Å². The number of carbonyl (C=O) groups excluding carboxylic acids is 2. The first kappa shape index (κ1) is 21.8. The van der Waals surface area contributed by atoms with Crippen molar-refractivity contribution in [2.75, 3.05) is 7.11 Å². The summed E-state index contributed by atoms with van der Waals surface area (Å²) in [4.78, 5) is 25.1. The fourth-order valence-corrected chi connectivity index (χ4v) is 3.99. The zero-order valence-corrected chi connectivity index (χ0v) is 19.1. The van der Waals surface area contributed by atoms with Crippen LogP contribution in [-0.2, 0) is 18.3 Å². The van der Waals surface area contributed by atoms with Crippen LogP contribution in [0.5, 0.6) is 17.2 Å². The third kappa shape index (κ3) is 4.15. The molecule has 3 heterocycles. The van der Waals surface area contributed by atoms with Crippen molar-refractivity contribution in [1.29, 1.82) is 0 Å². The van der Waals surface area contributed by atoms with Crippen LogP contribution in [-0.4, -0.2) is 28.6 Å². The Bertz CT molecular complexity index is 1470. The monoisotopic (exact) mass is 478 g/mol. The molecular formula is C25H19ClN2O6. The normalized spacial score (nSPS) is 13.9. The Morgan fingerprint density at radius 2 is 2.00 bits per heavy atom. The molecule has 2 aromatic carbocycles. The number of halogens is 1. The summed E-state index contributed by atoms with van der Waals surface area (Å²) in [5, 5.41) is 4.73. The molecule has 0 spiro atoms. The lowest BCUT2D eigenvalue weighted by Crippen LogP contribution is -2.08. The smallest absolute Gasteiger partial charge is 0.311 e. The highest BCUT2D eigenvalue weighted by molar-refractivity contribution is 6.29. The van der Waals surface area contributed by atoms with Gasteiger partial charge in [-0.1, -0.05) is 16.8 Å². The molecule has 4 aromatic rings. The summed E-state index contributed by atoms with van der Waals surface area (Å²) in [6.07, 6.45) is 4.02. The number of esters is 1. The molecule has 1 aliphatic rings. The fourth-order valence-electron chi connectivity index (χ4n) is 3.83. The molecule has 0 fully saturated rings. The molecule has 0 amide bonds. The van der Waals surface area contributed by atoms with Crippen molar-refractivity contribution in [2.45, 2.75) is 12.8 Å². The number of methoxy groups -OCH3 is 1. The van der Waals surface area contributed by atoms with Crippen molar-refractivity contribution in [3.63, 3.8) is 0 Å². The van der Waals surface area contributed by atoms with Crippen molar-refractivity contribution in [1.82, 2.24) is 9.72 Å². The lowest BCUT2D eigenvalue weighted by Gasteiger charge is -2.05. The molecule has 0 unspecified atom stereocenters. The Hall–Kier alpha value is -4.04. The maximum absolute atomic E-state index is 12.9. The number of rotatable bonds is 6. The van der Waals surface area contributed by atoms with Crippen LogP contribution in [0, 0.1) is 0 Å². The van der Waals surface area contributed by atoms with E-state index < -0.39 is 5.97 Å². The van der Waals surface area contributed by atoms with Crippen LogP contribution in [0.1, 0.15) is 28.1 Å². The number of ether oxygens (including phenoxy) is 3. The average molecular weight is 479 g/mol. The second-order valence-corrected chi connectivity index (χ2v) is 8.15. The van der Waals surface area contributed by atoms with E-state index in [1.54, 1.807) is 31.4 Å². The number of allylic oxidation sites excluding steroid dienone is 1. The number of aryl methyl sites for hydroxylation is 2. The largest absolute Gasteiger partial charge is 0.497 e. The predicted molar refractivity (Wildman–Crippen MR) is 124 cm³/mol. The Labute approximate surface area is 199 Å². The highest BCUT2D eigenvalue weighted by Crippen LogP contribution is 2.36. The summed E-state index contributed by atoms with van der Waals surface area (Å²) in [6, 6.07) is 12.0. The Balaban J connectivity index is 1.33. The van der Waals surface area contributed by atoms with Gasteiger partial charge in [-0.3, -0.25) is 9.59 Å². The lowest BCUT2D eigenvalue weighted by atomic mass is 10.1. The SMILES string of the molecule is COc1ccc2c(c1)c(/C=C1\Oc3cc(OC(=O)CCc4cc(Cl)no4)ccc3C1=O)cn2C. The molecule has 0 saturated heterocycles. The number of carbonyl (C=O) groups is 2. The van der Waals surface area contributed by atoms with Gasteiger partial charge >= 0.3 is 5.97 Å². The molecule has 0 aliphatic carbocycles. The molecule has 0 atom stereocenters. The van der Waals surface area contributed by atoms with Crippen molar-refractivity contribution in [3.8, 4) is 17.2 Å². The predicted octanol–water partition coefficient (Wildman–Crippen LogP) is 4.98. The maximum atomic E-state index is 12.9. The van der Waals surface area contributed by atoms with E-state index in [4.69, 9.17) is 30.3 Å². The fraction of sp³-hybridized carbons (Fsp3) is 0.160. The van der Waals surface area contributed by atoms with Gasteiger partial charge < -0.3 is 23.3 Å². The topological polar surface area (TPSA) is 92.8 Å². The van der Waals surface area contributed by atoms with Gasteiger partial charge in [-0.2, -0.15) is 0 Å². The van der Waals surface area contributed by atoms with E-state index >= 15 is 0 Å². The Morgan fingerprint density at radius 3 is 2.76 bits per heavy atom. The van der Waals surface area contributed by atoms with Crippen LogP contribution >= 0.6 is 11.6 Å². The lowest BCUT2D eigenvalue weighted by molar-refractivity contribution is -0.134. The number of aromatic nitrogens is 2. The van der Waals surface area contributed by atoms with Crippen LogP contribution in [0.25, 0.3) is 17.0 Å². The van der Waals surface area contributed by atoms with Crippen LogP contribution in [0.15, 0.2) is 58.9 Å². The van der Waals surface area contributed by atoms with Gasteiger partial charge in [-0.05, 0) is 36.4 Å². The standard InChI is InChI=1S/C25H19ClN2O6/c1-28-13-14(19-10-15(31-2)4-7-20(19)28)9-22-25(30)18-6-3-16(11-21(18)33-22)32-24(29)8-5-17-12-23(26)27-34-17/h3-4,6-7,9-13H,5,8H2,1-2H3/b22-9-. The minimum absolute atomic E-state index is 0.0814. The van der Waals surface area contributed by atoms with E-state index in [0.29, 0.717) is 23.5 Å². The molecule has 5 rings (SSSR count). The van der Waals surface area contributed by atoms with Gasteiger partial charge in [0.25, 0.3) is 0 Å². The van der Waals surface area contributed by atoms with E-state index in [0.717, 1.165) is 22.2 Å². The minimum atomic E-state index is -0.461. The molecular weight excluding hydrogens is 460 g/mol. The first-order valence-corrected chi connectivity index (χ1v) is 10.8. The number of Topliss-reactive ketones (excluding diaryl/α,β-unsaturated/α-hetero) is 1. The second-order valence-electron chi connectivity index (χ2n) is 7.77. The summed E-state index contributed by atoms with van der Waals surface area (Å²) in [5.74, 6) is 1.32. The van der Waals surface area contributed by atoms with Crippen LogP contribution in [0.3, 0.4) is 0 Å². The zero-order chi connectivity index (χ0) is 23.8. The molecule has 0 N–H and O–H groups in total. The van der Waals surface area contributed by atoms with Crippen LogP contribution < -0.4 is 14.2 Å². The number of hydrogen-bond donors (Lipinski definition) is 0. The van der Waals surface area contributed by atoms with E-state index in [-0.39, 0.29) is 28.9 Å². The number of ketones is 1. The number of nitrogens with zero attached hydrogens (tertiary/aromatic N) is 2. The van der Waals surface area contributed by atoms with Crippen molar-refractivity contribution in [2.24, 2.45) is 7.05 Å². The van der Waals surface area contributed by atoms with Crippen molar-refractivity contribution < 1.29 is 28.3 Å². The summed E-state index contributed by atoms with van der Waals surface area (Å²) >= 11 is 5.70. The van der Waals surface area contributed by atoms with E-state index in [9.17, 15) is 9.59 Å². The van der Waals surface area contributed by atoms with Gasteiger partial charge in [0.2, 0.25) is 5.78 Å².